The van der Waals surface area contributed by atoms with Gasteiger partial charge in [0.2, 0.25) is 0 Å². The zero-order valence-corrected chi connectivity index (χ0v) is 5.40. The Labute approximate surface area is 34.9 Å². The molecule has 0 unspecified atom stereocenters. The van der Waals surface area contributed by atoms with E-state index >= 15 is 0 Å². The van der Waals surface area contributed by atoms with Crippen LogP contribution in [0.25, 0.3) is 0 Å². The molecule has 0 spiro atoms. The van der Waals surface area contributed by atoms with Gasteiger partial charge in [0, 0.05) is 13.2 Å². The number of nitrogens with two attached hydrogens (primary N) is 1. The van der Waals surface area contributed by atoms with Crippen LogP contribution in [0.2, 0.25) is 0 Å². The first-order chi connectivity index (χ1) is 2.41. The van der Waals surface area contributed by atoms with E-state index in [4.69, 9.17) is 10.2 Å². The molecule has 0 amide bonds. The van der Waals surface area contributed by atoms with Crippen molar-refractivity contribution in [3.05, 3.63) is 0 Å². The highest BCUT2D eigenvalue weighted by Gasteiger charge is 1.65. The molecule has 0 aliphatic heterocycles. The minimum atomic E-state index is 0.656. The highest BCUT2D eigenvalue weighted by molar-refractivity contribution is 5.97. The molecule has 0 rings (SSSR count). The van der Waals surface area contributed by atoms with Crippen molar-refractivity contribution < 1.29 is 4.43 Å². The maximum Gasteiger partial charge on any atom is 0.146 e. The van der Waals surface area contributed by atoms with Gasteiger partial charge in [0.25, 0.3) is 0 Å². The van der Waals surface area contributed by atoms with Gasteiger partial charge in [-0.3, -0.25) is 0 Å². The zero-order valence-electron chi connectivity index (χ0n) is 3.40. The van der Waals surface area contributed by atoms with E-state index in [0.29, 0.717) is 6.54 Å². The zero-order chi connectivity index (χ0) is 4.12. The average Bonchev–Trinajstić information content (AvgIpc) is 1.41. The Morgan fingerprint density at radius 3 is 2.40 bits per heavy atom. The maximum absolute atomic E-state index is 5.04. The molecule has 0 saturated carbocycles. The van der Waals surface area contributed by atoms with Crippen LogP contribution in [0.3, 0.4) is 0 Å². The van der Waals surface area contributed by atoms with Crippen LogP contribution >= 0.6 is 0 Å². The SMILES string of the molecule is NCCO[SiH3]. The molecule has 0 aromatic heterocycles. The summed E-state index contributed by atoms with van der Waals surface area (Å²) in [7, 11) is 0.819. The second kappa shape index (κ2) is 4.14. The van der Waals surface area contributed by atoms with E-state index in [0.717, 1.165) is 17.1 Å². The summed E-state index contributed by atoms with van der Waals surface area (Å²) in [4.78, 5) is 0. The molecule has 3 heteroatoms. The van der Waals surface area contributed by atoms with Gasteiger partial charge in [-0.05, 0) is 0 Å². The van der Waals surface area contributed by atoms with Crippen molar-refractivity contribution >= 4 is 10.5 Å². The first-order valence-corrected chi connectivity index (χ1v) is 2.42. The molecule has 0 aliphatic carbocycles. The summed E-state index contributed by atoms with van der Waals surface area (Å²) in [6, 6.07) is 0. The van der Waals surface area contributed by atoms with Crippen LogP contribution in [0.1, 0.15) is 0 Å². The van der Waals surface area contributed by atoms with Gasteiger partial charge in [-0.25, -0.2) is 0 Å². The molecule has 0 saturated heterocycles. The summed E-state index contributed by atoms with van der Waals surface area (Å²) >= 11 is 0. The summed E-state index contributed by atoms with van der Waals surface area (Å²) in [5.41, 5.74) is 5.04. The Morgan fingerprint density at radius 2 is 2.40 bits per heavy atom. The lowest BCUT2D eigenvalue weighted by Gasteiger charge is -1.85. The topological polar surface area (TPSA) is 35.2 Å². The Kier molecular flexibility index (Phi) is 4.25. The second-order valence-corrected chi connectivity index (χ2v) is 1.36. The Hall–Kier alpha value is 0.137. The average molecular weight is 91.2 g/mol. The van der Waals surface area contributed by atoms with Crippen molar-refractivity contribution in [1.29, 1.82) is 0 Å². The van der Waals surface area contributed by atoms with Gasteiger partial charge in [0.15, 0.2) is 0 Å². The van der Waals surface area contributed by atoms with Crippen LogP contribution in [0.4, 0.5) is 0 Å². The summed E-state index contributed by atoms with van der Waals surface area (Å²) in [5.74, 6) is 0. The van der Waals surface area contributed by atoms with Crippen LogP contribution in [0.5, 0.6) is 0 Å². The third-order valence-corrected chi connectivity index (χ3v) is 0.730. The van der Waals surface area contributed by atoms with Crippen LogP contribution in [-0.4, -0.2) is 23.6 Å². The fourth-order valence-corrected chi connectivity index (χ4v) is 0.354. The van der Waals surface area contributed by atoms with Crippen LogP contribution in [0.15, 0.2) is 0 Å². The molecule has 0 aliphatic rings. The molecule has 0 bridgehead atoms. The number of rotatable bonds is 2. The predicted molar refractivity (Wildman–Crippen MR) is 24.9 cm³/mol. The monoisotopic (exact) mass is 91.0 g/mol. The molecule has 0 fully saturated rings. The van der Waals surface area contributed by atoms with Gasteiger partial charge in [-0.2, -0.15) is 0 Å². The predicted octanol–water partition coefficient (Wildman–Crippen LogP) is -1.76. The van der Waals surface area contributed by atoms with Crippen molar-refractivity contribution in [1.82, 2.24) is 0 Å². The smallest absolute Gasteiger partial charge is 0.146 e. The molecule has 2 N–H and O–H groups in total. The van der Waals surface area contributed by atoms with Gasteiger partial charge in [-0.15, -0.1) is 0 Å². The van der Waals surface area contributed by atoms with E-state index in [1.165, 1.54) is 0 Å². The van der Waals surface area contributed by atoms with Gasteiger partial charge in [0.1, 0.15) is 10.5 Å². The fraction of sp³-hybridized carbons (Fsp3) is 1.00. The Balaban J connectivity index is 2.19. The molecular formula is C2H9NOSi. The highest BCUT2D eigenvalue weighted by Crippen LogP contribution is 1.51. The Bertz CT molecular complexity index is 17.1. The lowest BCUT2D eigenvalue weighted by atomic mass is 10.8. The largest absolute Gasteiger partial charge is 0.427 e. The second-order valence-electron chi connectivity index (χ2n) is 0.781. The molecule has 0 aromatic carbocycles. The summed E-state index contributed by atoms with van der Waals surface area (Å²) < 4.78 is 4.70. The molecule has 0 aromatic rings. The van der Waals surface area contributed by atoms with Crippen LogP contribution in [-0.2, 0) is 4.43 Å². The summed E-state index contributed by atoms with van der Waals surface area (Å²) in [5, 5.41) is 0. The molecule has 0 atom stereocenters. The van der Waals surface area contributed by atoms with E-state index < -0.39 is 0 Å². The maximum atomic E-state index is 5.04. The van der Waals surface area contributed by atoms with Gasteiger partial charge in [0.05, 0.1) is 0 Å². The van der Waals surface area contributed by atoms with Crippen molar-refractivity contribution in [2.24, 2.45) is 5.73 Å². The molecular weight excluding hydrogens is 82.1 g/mol. The summed E-state index contributed by atoms with van der Waals surface area (Å²) in [6.45, 7) is 1.38. The highest BCUT2D eigenvalue weighted by atomic mass is 28.2. The van der Waals surface area contributed by atoms with Crippen LogP contribution in [0, 0.1) is 0 Å². The van der Waals surface area contributed by atoms with E-state index in [9.17, 15) is 0 Å². The van der Waals surface area contributed by atoms with Crippen molar-refractivity contribution in [2.45, 2.75) is 0 Å². The molecule has 32 valence electrons. The van der Waals surface area contributed by atoms with Crippen molar-refractivity contribution in [3.63, 3.8) is 0 Å². The third kappa shape index (κ3) is 4.14. The molecule has 5 heavy (non-hydrogen) atoms. The summed E-state index contributed by atoms with van der Waals surface area (Å²) in [6.07, 6.45) is 0. The number of hydrogen-bond acceptors (Lipinski definition) is 2. The lowest BCUT2D eigenvalue weighted by molar-refractivity contribution is 0.361. The standard InChI is InChI=1S/C2H9NOSi/c3-1-2-4-5/h1-3H2,5H3. The van der Waals surface area contributed by atoms with E-state index in [1.807, 2.05) is 0 Å². The minimum Gasteiger partial charge on any atom is -0.427 e. The van der Waals surface area contributed by atoms with E-state index in [1.54, 1.807) is 0 Å². The molecule has 0 radical (unpaired) electrons. The molecule has 0 heterocycles. The minimum absolute atomic E-state index is 0.656. The van der Waals surface area contributed by atoms with Crippen molar-refractivity contribution in [2.75, 3.05) is 13.2 Å². The fourth-order valence-electron chi connectivity index (χ4n) is 0.118. The third-order valence-electron chi connectivity index (χ3n) is 0.322. The normalized spacial score (nSPS) is 9.00. The van der Waals surface area contributed by atoms with Gasteiger partial charge < -0.3 is 10.2 Å². The quantitative estimate of drug-likeness (QED) is 0.409. The van der Waals surface area contributed by atoms with Gasteiger partial charge in [-0.1, -0.05) is 0 Å². The van der Waals surface area contributed by atoms with E-state index in [-0.39, 0.29) is 0 Å². The van der Waals surface area contributed by atoms with Crippen LogP contribution < -0.4 is 5.73 Å². The van der Waals surface area contributed by atoms with Gasteiger partial charge >= 0.3 is 0 Å². The molecule has 2 nitrogen and oxygen atoms in total. The van der Waals surface area contributed by atoms with Crippen molar-refractivity contribution in [3.8, 4) is 0 Å². The lowest BCUT2D eigenvalue weighted by Crippen LogP contribution is -2.05. The number of hydrogen-bond donors (Lipinski definition) is 1. The first kappa shape index (κ1) is 5.14. The Morgan fingerprint density at radius 1 is 1.80 bits per heavy atom. The first-order valence-electron chi connectivity index (χ1n) is 1.61. The van der Waals surface area contributed by atoms with E-state index in [2.05, 4.69) is 0 Å².